The van der Waals surface area contributed by atoms with E-state index < -0.39 is 0 Å². The van der Waals surface area contributed by atoms with Gasteiger partial charge in [-0.1, -0.05) is 18.2 Å². The van der Waals surface area contributed by atoms with Crippen LogP contribution in [0.3, 0.4) is 0 Å². The third-order valence-electron chi connectivity index (χ3n) is 2.57. The summed E-state index contributed by atoms with van der Waals surface area (Å²) >= 11 is 0. The Morgan fingerprint density at radius 3 is 2.69 bits per heavy atom. The maximum absolute atomic E-state index is 11.3. The molecule has 2 atom stereocenters. The van der Waals surface area contributed by atoms with Crippen LogP contribution in [0.1, 0.15) is 12.8 Å². The highest BCUT2D eigenvalue weighted by atomic mass is 16.5. The third kappa shape index (κ3) is 3.53. The Labute approximate surface area is 94.9 Å². The van der Waals surface area contributed by atoms with E-state index in [1.807, 2.05) is 12.2 Å². The standard InChI is InChI=1S/C12H16O4/c1-15-11(13)7-6-9-4-3-5-10(8-9)12(14)16-2/h3,5-7,9-10H,4,8H2,1-2H3/b7-6+. The van der Waals surface area contributed by atoms with Crippen molar-refractivity contribution in [3.8, 4) is 0 Å². The normalized spacial score (nSPS) is 24.4. The predicted octanol–water partition coefficient (Wildman–Crippen LogP) is 1.47. The molecule has 0 heterocycles. The summed E-state index contributed by atoms with van der Waals surface area (Å²) in [5, 5.41) is 0. The summed E-state index contributed by atoms with van der Waals surface area (Å²) in [5.74, 6) is -0.615. The summed E-state index contributed by atoms with van der Waals surface area (Å²) in [7, 11) is 2.72. The van der Waals surface area contributed by atoms with E-state index in [0.29, 0.717) is 6.42 Å². The van der Waals surface area contributed by atoms with E-state index in [0.717, 1.165) is 6.42 Å². The van der Waals surface area contributed by atoms with Gasteiger partial charge in [-0.05, 0) is 18.8 Å². The number of methoxy groups -OCH3 is 2. The second-order valence-electron chi connectivity index (χ2n) is 3.67. The minimum absolute atomic E-state index is 0.188. The van der Waals surface area contributed by atoms with E-state index in [4.69, 9.17) is 0 Å². The molecule has 0 saturated heterocycles. The monoisotopic (exact) mass is 224 g/mol. The molecule has 2 unspecified atom stereocenters. The van der Waals surface area contributed by atoms with Crippen molar-refractivity contribution in [3.63, 3.8) is 0 Å². The molecule has 4 heteroatoms. The minimum Gasteiger partial charge on any atom is -0.469 e. The smallest absolute Gasteiger partial charge is 0.330 e. The lowest BCUT2D eigenvalue weighted by molar-refractivity contribution is -0.144. The second kappa shape index (κ2) is 6.10. The van der Waals surface area contributed by atoms with Gasteiger partial charge in [0.25, 0.3) is 0 Å². The van der Waals surface area contributed by atoms with E-state index in [2.05, 4.69) is 9.47 Å². The molecule has 88 valence electrons. The average molecular weight is 224 g/mol. The van der Waals surface area contributed by atoms with Gasteiger partial charge in [-0.15, -0.1) is 0 Å². The zero-order chi connectivity index (χ0) is 12.0. The SMILES string of the molecule is COC(=O)/C=C/C1CC=CC(C(=O)OC)C1. The van der Waals surface area contributed by atoms with Gasteiger partial charge in [-0.25, -0.2) is 4.79 Å². The number of carbonyl (C=O) groups excluding carboxylic acids is 2. The molecule has 0 spiro atoms. The van der Waals surface area contributed by atoms with Crippen molar-refractivity contribution >= 4 is 11.9 Å². The Morgan fingerprint density at radius 1 is 1.31 bits per heavy atom. The largest absolute Gasteiger partial charge is 0.469 e. The molecule has 1 rings (SSSR count). The van der Waals surface area contributed by atoms with Crippen molar-refractivity contribution in [3.05, 3.63) is 24.3 Å². The van der Waals surface area contributed by atoms with Crippen LogP contribution in [0.2, 0.25) is 0 Å². The van der Waals surface area contributed by atoms with E-state index in [1.165, 1.54) is 20.3 Å². The summed E-state index contributed by atoms with van der Waals surface area (Å²) < 4.78 is 9.18. The topological polar surface area (TPSA) is 52.6 Å². The molecule has 0 aromatic carbocycles. The van der Waals surface area contributed by atoms with Gasteiger partial charge in [0, 0.05) is 6.08 Å². The van der Waals surface area contributed by atoms with Gasteiger partial charge in [-0.3, -0.25) is 4.79 Å². The predicted molar refractivity (Wildman–Crippen MR) is 58.5 cm³/mol. The van der Waals surface area contributed by atoms with Crippen LogP contribution in [0.25, 0.3) is 0 Å². The fraction of sp³-hybridized carbons (Fsp3) is 0.500. The number of hydrogen-bond donors (Lipinski definition) is 0. The highest BCUT2D eigenvalue weighted by molar-refractivity contribution is 5.81. The fourth-order valence-corrected chi connectivity index (χ4v) is 1.68. The molecule has 1 aliphatic rings. The summed E-state index contributed by atoms with van der Waals surface area (Å²) in [6.07, 6.45) is 8.49. The Bertz CT molecular complexity index is 317. The van der Waals surface area contributed by atoms with Gasteiger partial charge < -0.3 is 9.47 Å². The van der Waals surface area contributed by atoms with Crippen LogP contribution >= 0.6 is 0 Å². The molecule has 0 aromatic rings. The molecule has 0 amide bonds. The molecule has 0 bridgehead atoms. The summed E-state index contributed by atoms with van der Waals surface area (Å²) in [4.78, 5) is 22.2. The summed E-state index contributed by atoms with van der Waals surface area (Å²) in [6.45, 7) is 0. The van der Waals surface area contributed by atoms with Crippen LogP contribution in [0.4, 0.5) is 0 Å². The average Bonchev–Trinajstić information content (AvgIpc) is 2.35. The Balaban J connectivity index is 2.53. The quantitative estimate of drug-likeness (QED) is 0.414. The lowest BCUT2D eigenvalue weighted by Crippen LogP contribution is -2.19. The van der Waals surface area contributed by atoms with Crippen molar-refractivity contribution in [2.45, 2.75) is 12.8 Å². The molecule has 1 aliphatic carbocycles. The Morgan fingerprint density at radius 2 is 2.06 bits per heavy atom. The van der Waals surface area contributed by atoms with E-state index in [-0.39, 0.29) is 23.8 Å². The molecule has 0 aromatic heterocycles. The molecule has 0 aliphatic heterocycles. The highest BCUT2D eigenvalue weighted by Gasteiger charge is 2.22. The van der Waals surface area contributed by atoms with Crippen LogP contribution in [0.15, 0.2) is 24.3 Å². The van der Waals surface area contributed by atoms with Crippen molar-refractivity contribution < 1.29 is 19.1 Å². The maximum Gasteiger partial charge on any atom is 0.330 e. The number of esters is 2. The van der Waals surface area contributed by atoms with Crippen LogP contribution < -0.4 is 0 Å². The first-order chi connectivity index (χ1) is 7.67. The van der Waals surface area contributed by atoms with Gasteiger partial charge in [0.05, 0.1) is 20.1 Å². The Kier molecular flexibility index (Phi) is 4.76. The van der Waals surface area contributed by atoms with Crippen molar-refractivity contribution in [2.24, 2.45) is 11.8 Å². The minimum atomic E-state index is -0.371. The van der Waals surface area contributed by atoms with Gasteiger partial charge in [-0.2, -0.15) is 0 Å². The lowest BCUT2D eigenvalue weighted by atomic mass is 9.86. The zero-order valence-electron chi connectivity index (χ0n) is 9.51. The molecule has 16 heavy (non-hydrogen) atoms. The second-order valence-corrected chi connectivity index (χ2v) is 3.67. The van der Waals surface area contributed by atoms with Crippen molar-refractivity contribution in [1.29, 1.82) is 0 Å². The van der Waals surface area contributed by atoms with Crippen molar-refractivity contribution in [1.82, 2.24) is 0 Å². The third-order valence-corrected chi connectivity index (χ3v) is 2.57. The summed E-state index contributed by atoms with van der Waals surface area (Å²) in [5.41, 5.74) is 0. The first kappa shape index (κ1) is 12.5. The molecule has 0 fully saturated rings. The molecule has 0 N–H and O–H groups in total. The lowest BCUT2D eigenvalue weighted by Gasteiger charge is -2.20. The first-order valence-corrected chi connectivity index (χ1v) is 5.18. The molecular formula is C12H16O4. The van der Waals surface area contributed by atoms with Crippen molar-refractivity contribution in [2.75, 3.05) is 14.2 Å². The number of ether oxygens (including phenoxy) is 2. The number of hydrogen-bond acceptors (Lipinski definition) is 4. The van der Waals surface area contributed by atoms with Crippen LogP contribution in [-0.4, -0.2) is 26.2 Å². The number of carbonyl (C=O) groups is 2. The molecule has 4 nitrogen and oxygen atoms in total. The van der Waals surface area contributed by atoms with Gasteiger partial charge >= 0.3 is 11.9 Å². The van der Waals surface area contributed by atoms with Crippen LogP contribution in [-0.2, 0) is 19.1 Å². The van der Waals surface area contributed by atoms with Crippen LogP contribution in [0.5, 0.6) is 0 Å². The highest BCUT2D eigenvalue weighted by Crippen LogP contribution is 2.25. The number of allylic oxidation sites excluding steroid dienone is 2. The zero-order valence-corrected chi connectivity index (χ0v) is 9.51. The van der Waals surface area contributed by atoms with Gasteiger partial charge in [0.1, 0.15) is 0 Å². The maximum atomic E-state index is 11.3. The molecular weight excluding hydrogens is 208 g/mol. The van der Waals surface area contributed by atoms with E-state index in [9.17, 15) is 9.59 Å². The first-order valence-electron chi connectivity index (χ1n) is 5.18. The molecule has 0 saturated carbocycles. The van der Waals surface area contributed by atoms with Gasteiger partial charge in [0.15, 0.2) is 0 Å². The molecule has 0 radical (unpaired) electrons. The Hall–Kier alpha value is -1.58. The number of rotatable bonds is 3. The van der Waals surface area contributed by atoms with E-state index >= 15 is 0 Å². The van der Waals surface area contributed by atoms with E-state index in [1.54, 1.807) is 6.08 Å². The summed E-state index contributed by atoms with van der Waals surface area (Å²) in [6, 6.07) is 0. The fourth-order valence-electron chi connectivity index (χ4n) is 1.68. The van der Waals surface area contributed by atoms with Crippen LogP contribution in [0, 0.1) is 11.8 Å². The van der Waals surface area contributed by atoms with Gasteiger partial charge in [0.2, 0.25) is 0 Å².